The fourth-order valence-corrected chi connectivity index (χ4v) is 5.05. The zero-order chi connectivity index (χ0) is 25.2. The van der Waals surface area contributed by atoms with Crippen LogP contribution in [0.4, 0.5) is 5.82 Å². The Labute approximate surface area is 208 Å². The number of aromatic nitrogens is 5. The van der Waals surface area contributed by atoms with Crippen LogP contribution in [0.2, 0.25) is 0 Å². The van der Waals surface area contributed by atoms with E-state index in [1.807, 2.05) is 43.0 Å². The molecule has 36 heavy (non-hydrogen) atoms. The maximum absolute atomic E-state index is 13.7. The number of carbonyl (C=O) groups is 1. The summed E-state index contributed by atoms with van der Waals surface area (Å²) in [5.74, 6) is 0.304. The highest BCUT2D eigenvalue weighted by Gasteiger charge is 2.37. The summed E-state index contributed by atoms with van der Waals surface area (Å²) in [7, 11) is 3.73. The number of rotatable bonds is 3. The Hall–Kier alpha value is -4.24. The molecule has 182 valence electrons. The fourth-order valence-electron chi connectivity index (χ4n) is 5.05. The van der Waals surface area contributed by atoms with Crippen molar-refractivity contribution >= 4 is 28.3 Å². The molecule has 0 spiro atoms. The molecule has 0 saturated carbocycles. The molecule has 1 amide bonds. The minimum Gasteiger partial charge on any atom is -0.382 e. The Morgan fingerprint density at radius 1 is 1.14 bits per heavy atom. The predicted octanol–water partition coefficient (Wildman–Crippen LogP) is 3.94. The van der Waals surface area contributed by atoms with Crippen LogP contribution >= 0.6 is 0 Å². The molecule has 1 aliphatic heterocycles. The van der Waals surface area contributed by atoms with E-state index in [-0.39, 0.29) is 11.9 Å². The van der Waals surface area contributed by atoms with Crippen molar-refractivity contribution in [1.82, 2.24) is 29.0 Å². The van der Waals surface area contributed by atoms with Gasteiger partial charge in [-0.1, -0.05) is 12.1 Å². The van der Waals surface area contributed by atoms with Gasteiger partial charge < -0.3 is 15.4 Å². The molecule has 0 aliphatic carbocycles. The van der Waals surface area contributed by atoms with E-state index in [0.29, 0.717) is 29.0 Å². The van der Waals surface area contributed by atoms with Gasteiger partial charge in [0.25, 0.3) is 5.91 Å². The molecule has 0 unspecified atom stereocenters. The van der Waals surface area contributed by atoms with Crippen LogP contribution < -0.4 is 5.73 Å². The molecule has 0 fully saturated rings. The van der Waals surface area contributed by atoms with Crippen molar-refractivity contribution in [3.8, 4) is 11.1 Å². The van der Waals surface area contributed by atoms with Crippen LogP contribution in [0.15, 0.2) is 61.3 Å². The molecular formula is C27H27N7O2. The van der Waals surface area contributed by atoms with E-state index in [9.17, 15) is 4.79 Å². The van der Waals surface area contributed by atoms with Gasteiger partial charge in [0.2, 0.25) is 0 Å². The third kappa shape index (κ3) is 3.43. The van der Waals surface area contributed by atoms with Gasteiger partial charge in [-0.25, -0.2) is 9.97 Å². The average molecular weight is 482 g/mol. The van der Waals surface area contributed by atoms with Crippen LogP contribution in [0.1, 0.15) is 41.4 Å². The molecule has 9 heteroatoms. The van der Waals surface area contributed by atoms with Gasteiger partial charge in [0.05, 0.1) is 48.0 Å². The van der Waals surface area contributed by atoms with Crippen molar-refractivity contribution in [2.75, 3.05) is 19.4 Å². The van der Waals surface area contributed by atoms with Gasteiger partial charge >= 0.3 is 0 Å². The second kappa shape index (κ2) is 7.89. The molecule has 0 radical (unpaired) electrons. The molecule has 2 N–H and O–H groups in total. The SMILES string of the molecule is CN(C(=O)c1ccc2nc(N)c3cncn3c2c1)[C@@H]1COC(C)(C)c2cc(-c3cnn(C)c3)ccc21. The lowest BCUT2D eigenvalue weighted by Crippen LogP contribution is -2.41. The number of fused-ring (bicyclic) bond motifs is 4. The molecule has 1 atom stereocenters. The molecular weight excluding hydrogens is 454 g/mol. The molecule has 0 bridgehead atoms. The number of benzene rings is 2. The summed E-state index contributed by atoms with van der Waals surface area (Å²) in [6.45, 7) is 4.54. The van der Waals surface area contributed by atoms with Crippen LogP contribution in [0.5, 0.6) is 0 Å². The Balaban J connectivity index is 1.38. The van der Waals surface area contributed by atoms with Crippen LogP contribution in [-0.2, 0) is 17.4 Å². The highest BCUT2D eigenvalue weighted by Crippen LogP contribution is 2.41. The van der Waals surface area contributed by atoms with Gasteiger partial charge in [-0.2, -0.15) is 5.10 Å². The van der Waals surface area contributed by atoms with E-state index < -0.39 is 5.60 Å². The number of amides is 1. The fraction of sp³-hybridized carbons (Fsp3) is 0.259. The molecule has 2 aromatic carbocycles. The van der Waals surface area contributed by atoms with E-state index in [1.54, 1.807) is 28.2 Å². The van der Waals surface area contributed by atoms with Gasteiger partial charge in [0.1, 0.15) is 11.3 Å². The Morgan fingerprint density at radius 3 is 2.75 bits per heavy atom. The average Bonchev–Trinajstić information content (AvgIpc) is 3.53. The number of anilines is 1. The lowest BCUT2D eigenvalue weighted by Gasteiger charge is -2.41. The summed E-state index contributed by atoms with van der Waals surface area (Å²) in [5, 5.41) is 4.30. The molecule has 0 saturated heterocycles. The number of hydrogen-bond acceptors (Lipinski definition) is 6. The van der Waals surface area contributed by atoms with E-state index in [0.717, 1.165) is 27.8 Å². The summed E-state index contributed by atoms with van der Waals surface area (Å²) >= 11 is 0. The summed E-state index contributed by atoms with van der Waals surface area (Å²) in [5.41, 5.74) is 12.6. The minimum absolute atomic E-state index is 0.0995. The number of ether oxygens (including phenoxy) is 1. The van der Waals surface area contributed by atoms with Gasteiger partial charge in [-0.05, 0) is 54.8 Å². The largest absolute Gasteiger partial charge is 0.382 e. The molecule has 5 aromatic rings. The number of nitrogens with zero attached hydrogens (tertiary/aromatic N) is 6. The summed E-state index contributed by atoms with van der Waals surface area (Å²) in [6.07, 6.45) is 7.19. The number of imidazole rings is 1. The van der Waals surface area contributed by atoms with Gasteiger partial charge in [0, 0.05) is 31.4 Å². The molecule has 1 aliphatic rings. The Morgan fingerprint density at radius 2 is 1.97 bits per heavy atom. The van der Waals surface area contributed by atoms with Crippen LogP contribution in [0.25, 0.3) is 27.7 Å². The number of aryl methyl sites for hydroxylation is 1. The van der Waals surface area contributed by atoms with Crippen LogP contribution in [-0.4, -0.2) is 48.6 Å². The minimum atomic E-state index is -0.477. The lowest BCUT2D eigenvalue weighted by molar-refractivity contribution is -0.0611. The number of carbonyl (C=O) groups excluding carboxylic acids is 1. The van der Waals surface area contributed by atoms with E-state index >= 15 is 0 Å². The van der Waals surface area contributed by atoms with Crippen molar-refractivity contribution < 1.29 is 9.53 Å². The van der Waals surface area contributed by atoms with E-state index in [4.69, 9.17) is 10.5 Å². The maximum atomic E-state index is 13.7. The van der Waals surface area contributed by atoms with Crippen molar-refractivity contribution in [2.45, 2.75) is 25.5 Å². The van der Waals surface area contributed by atoms with Crippen LogP contribution in [0.3, 0.4) is 0 Å². The van der Waals surface area contributed by atoms with Gasteiger partial charge in [0.15, 0.2) is 0 Å². The third-order valence-corrected chi connectivity index (χ3v) is 7.11. The highest BCUT2D eigenvalue weighted by molar-refractivity contribution is 5.98. The summed E-state index contributed by atoms with van der Waals surface area (Å²) in [4.78, 5) is 24.1. The lowest BCUT2D eigenvalue weighted by atomic mass is 9.84. The van der Waals surface area contributed by atoms with Crippen molar-refractivity contribution in [3.05, 3.63) is 78.0 Å². The van der Waals surface area contributed by atoms with Gasteiger partial charge in [-0.3, -0.25) is 13.9 Å². The zero-order valence-electron chi connectivity index (χ0n) is 20.6. The van der Waals surface area contributed by atoms with Gasteiger partial charge in [-0.15, -0.1) is 0 Å². The Kier molecular flexibility index (Phi) is 4.87. The van der Waals surface area contributed by atoms with Crippen molar-refractivity contribution in [3.63, 3.8) is 0 Å². The number of nitrogens with two attached hydrogens (primary N) is 1. The summed E-state index contributed by atoms with van der Waals surface area (Å²) < 4.78 is 9.93. The smallest absolute Gasteiger partial charge is 0.254 e. The summed E-state index contributed by atoms with van der Waals surface area (Å²) in [6, 6.07) is 11.6. The molecule has 6 rings (SSSR count). The third-order valence-electron chi connectivity index (χ3n) is 7.11. The standard InChI is InChI=1S/C27H27N7O2/c1-27(2)20-9-16(18-11-30-32(3)13-18)5-7-19(20)24(14-36-27)33(4)26(35)17-6-8-21-22(10-17)34-15-29-12-23(34)25(28)31-21/h5-13,15,24H,14H2,1-4H3,(H2,28,31)/t24-/m1/s1. The van der Waals surface area contributed by atoms with Crippen LogP contribution in [0, 0.1) is 0 Å². The zero-order valence-corrected chi connectivity index (χ0v) is 20.6. The van der Waals surface area contributed by atoms with E-state index in [2.05, 4.69) is 47.1 Å². The Bertz CT molecular complexity index is 1650. The van der Waals surface area contributed by atoms with Crippen molar-refractivity contribution in [1.29, 1.82) is 0 Å². The molecule has 9 nitrogen and oxygen atoms in total. The topological polar surface area (TPSA) is 104 Å². The monoisotopic (exact) mass is 481 g/mol. The number of likely N-dealkylation sites (N-methyl/N-ethyl adjacent to an activating group) is 1. The van der Waals surface area contributed by atoms with Crippen molar-refractivity contribution in [2.24, 2.45) is 7.05 Å². The second-order valence-corrected chi connectivity index (χ2v) is 9.81. The first-order valence-electron chi connectivity index (χ1n) is 11.8. The molecule has 3 aromatic heterocycles. The van der Waals surface area contributed by atoms with E-state index in [1.165, 1.54) is 0 Å². The highest BCUT2D eigenvalue weighted by atomic mass is 16.5. The molecule has 4 heterocycles. The quantitative estimate of drug-likeness (QED) is 0.419. The maximum Gasteiger partial charge on any atom is 0.254 e. The number of hydrogen-bond donors (Lipinski definition) is 1. The predicted molar refractivity (Wildman–Crippen MR) is 137 cm³/mol. The normalized spacial score (nSPS) is 16.8. The second-order valence-electron chi connectivity index (χ2n) is 9.81. The number of nitrogen functional groups attached to an aromatic ring is 1. The first kappa shape index (κ1) is 22.2. The first-order chi connectivity index (χ1) is 17.2. The first-order valence-corrected chi connectivity index (χ1v) is 11.8.